The Labute approximate surface area is 104 Å². The average molecular weight is 247 g/mol. The van der Waals surface area contributed by atoms with Crippen LogP contribution in [0.15, 0.2) is 30.6 Å². The third-order valence-corrected chi connectivity index (χ3v) is 2.62. The topological polar surface area (TPSA) is 60.9 Å². The molecule has 0 aliphatic rings. The minimum atomic E-state index is -0.583. The molecular formula is C13H14FN3O. The van der Waals surface area contributed by atoms with Crippen molar-refractivity contribution < 1.29 is 9.18 Å². The molecule has 1 aromatic carbocycles. The Morgan fingerprint density at radius 3 is 3.00 bits per heavy atom. The van der Waals surface area contributed by atoms with E-state index in [1.807, 2.05) is 6.92 Å². The molecule has 0 spiro atoms. The lowest BCUT2D eigenvalue weighted by Gasteiger charge is -2.06. The fourth-order valence-corrected chi connectivity index (χ4v) is 1.78. The summed E-state index contributed by atoms with van der Waals surface area (Å²) in [5, 5.41) is 0. The van der Waals surface area contributed by atoms with Crippen molar-refractivity contribution in [2.45, 2.75) is 19.9 Å². The molecule has 1 heterocycles. The highest BCUT2D eigenvalue weighted by molar-refractivity contribution is 6.07. The summed E-state index contributed by atoms with van der Waals surface area (Å²) in [4.78, 5) is 16.2. The molecule has 1 aromatic heterocycles. The van der Waals surface area contributed by atoms with Gasteiger partial charge in [0.25, 0.3) is 0 Å². The van der Waals surface area contributed by atoms with Gasteiger partial charge in [0, 0.05) is 24.6 Å². The van der Waals surface area contributed by atoms with Crippen molar-refractivity contribution >= 4 is 11.5 Å². The Morgan fingerprint density at radius 2 is 2.28 bits per heavy atom. The zero-order valence-corrected chi connectivity index (χ0v) is 10.1. The lowest BCUT2D eigenvalue weighted by atomic mass is 10.1. The summed E-state index contributed by atoms with van der Waals surface area (Å²) < 4.78 is 15.3. The number of imidazole rings is 1. The van der Waals surface area contributed by atoms with Crippen molar-refractivity contribution in [3.63, 3.8) is 0 Å². The number of benzene rings is 1. The molecule has 0 amide bonds. The number of carbonyl (C=O) groups excluding carboxylic acids is 1. The van der Waals surface area contributed by atoms with Gasteiger partial charge in [-0.15, -0.1) is 0 Å². The molecule has 2 N–H and O–H groups in total. The number of ketones is 1. The van der Waals surface area contributed by atoms with Gasteiger partial charge in [-0.25, -0.2) is 9.37 Å². The first kappa shape index (κ1) is 12.3. The van der Waals surface area contributed by atoms with Crippen LogP contribution in [0, 0.1) is 5.82 Å². The number of carbonyl (C=O) groups is 1. The highest BCUT2D eigenvalue weighted by atomic mass is 19.1. The zero-order chi connectivity index (χ0) is 13.1. The predicted octanol–water partition coefficient (Wildman–Crippen LogP) is 2.25. The van der Waals surface area contributed by atoms with Crippen LogP contribution in [-0.2, 0) is 6.54 Å². The minimum absolute atomic E-state index is 0.0430. The maximum Gasteiger partial charge on any atom is 0.231 e. The van der Waals surface area contributed by atoms with Gasteiger partial charge in [-0.2, -0.15) is 0 Å². The average Bonchev–Trinajstić information content (AvgIpc) is 2.80. The number of aromatic nitrogens is 2. The summed E-state index contributed by atoms with van der Waals surface area (Å²) in [7, 11) is 0. The number of nitrogen functional groups attached to an aromatic ring is 1. The van der Waals surface area contributed by atoms with E-state index in [9.17, 15) is 9.18 Å². The Morgan fingerprint density at radius 1 is 1.50 bits per heavy atom. The number of nitrogens with two attached hydrogens (primary N) is 1. The second kappa shape index (κ2) is 5.00. The second-order valence-electron chi connectivity index (χ2n) is 4.01. The molecule has 0 saturated heterocycles. The summed E-state index contributed by atoms with van der Waals surface area (Å²) in [6.45, 7) is 2.67. The lowest BCUT2D eigenvalue weighted by molar-refractivity contribution is 0.102. The molecule has 0 aliphatic carbocycles. The number of halogens is 1. The van der Waals surface area contributed by atoms with Crippen LogP contribution in [0.3, 0.4) is 0 Å². The van der Waals surface area contributed by atoms with Crippen molar-refractivity contribution in [1.82, 2.24) is 9.55 Å². The SMILES string of the molecule is CCCn1ccnc1C(=O)c1cc(N)ccc1F. The van der Waals surface area contributed by atoms with Gasteiger partial charge in [-0.1, -0.05) is 6.92 Å². The Bertz CT molecular complexity index is 577. The lowest BCUT2D eigenvalue weighted by Crippen LogP contribution is -2.13. The number of aryl methyl sites for hydroxylation is 1. The molecule has 0 unspecified atom stereocenters. The van der Waals surface area contributed by atoms with Gasteiger partial charge >= 0.3 is 0 Å². The molecule has 0 fully saturated rings. The van der Waals surface area contributed by atoms with Crippen LogP contribution in [0.5, 0.6) is 0 Å². The van der Waals surface area contributed by atoms with Gasteiger partial charge in [0.1, 0.15) is 5.82 Å². The van der Waals surface area contributed by atoms with Crippen LogP contribution in [0.25, 0.3) is 0 Å². The van der Waals surface area contributed by atoms with E-state index in [4.69, 9.17) is 5.73 Å². The summed E-state index contributed by atoms with van der Waals surface area (Å²) in [6.07, 6.45) is 4.12. The predicted molar refractivity (Wildman–Crippen MR) is 66.8 cm³/mol. The van der Waals surface area contributed by atoms with Crippen molar-refractivity contribution in [3.05, 3.63) is 47.8 Å². The van der Waals surface area contributed by atoms with E-state index in [1.54, 1.807) is 10.8 Å². The fraction of sp³-hybridized carbons (Fsp3) is 0.231. The number of nitrogens with zero attached hydrogens (tertiary/aromatic N) is 2. The van der Waals surface area contributed by atoms with Crippen molar-refractivity contribution in [1.29, 1.82) is 0 Å². The standard InChI is InChI=1S/C13H14FN3O/c1-2-6-17-7-5-16-13(17)12(18)10-8-9(15)3-4-11(10)14/h3-5,7-8H,2,6,15H2,1H3. The molecule has 0 radical (unpaired) electrons. The molecule has 0 atom stereocenters. The molecule has 2 rings (SSSR count). The molecule has 2 aromatic rings. The van der Waals surface area contributed by atoms with Gasteiger partial charge in [0.05, 0.1) is 5.56 Å². The molecule has 0 aliphatic heterocycles. The molecule has 0 bridgehead atoms. The van der Waals surface area contributed by atoms with E-state index in [-0.39, 0.29) is 11.4 Å². The molecule has 94 valence electrons. The van der Waals surface area contributed by atoms with E-state index in [0.717, 1.165) is 6.42 Å². The van der Waals surface area contributed by atoms with E-state index in [0.29, 0.717) is 12.2 Å². The summed E-state index contributed by atoms with van der Waals surface area (Å²) in [5.41, 5.74) is 5.88. The Balaban J connectivity index is 2.41. The molecule has 18 heavy (non-hydrogen) atoms. The zero-order valence-electron chi connectivity index (χ0n) is 10.1. The normalized spacial score (nSPS) is 10.6. The summed E-state index contributed by atoms with van der Waals surface area (Å²) >= 11 is 0. The first-order chi connectivity index (χ1) is 8.63. The van der Waals surface area contributed by atoms with E-state index < -0.39 is 11.6 Å². The van der Waals surface area contributed by atoms with Gasteiger partial charge < -0.3 is 10.3 Å². The second-order valence-corrected chi connectivity index (χ2v) is 4.01. The maximum absolute atomic E-state index is 13.6. The van der Waals surface area contributed by atoms with Crippen LogP contribution in [0.4, 0.5) is 10.1 Å². The van der Waals surface area contributed by atoms with Crippen molar-refractivity contribution in [2.24, 2.45) is 0 Å². The van der Waals surface area contributed by atoms with Crippen molar-refractivity contribution in [2.75, 3.05) is 5.73 Å². The van der Waals surface area contributed by atoms with Gasteiger partial charge in [-0.3, -0.25) is 4.79 Å². The quantitative estimate of drug-likeness (QED) is 0.665. The monoisotopic (exact) mass is 247 g/mol. The van der Waals surface area contributed by atoms with E-state index in [1.165, 1.54) is 24.4 Å². The molecule has 5 heteroatoms. The van der Waals surface area contributed by atoms with E-state index in [2.05, 4.69) is 4.98 Å². The van der Waals surface area contributed by atoms with Gasteiger partial charge in [-0.05, 0) is 24.6 Å². The minimum Gasteiger partial charge on any atom is -0.399 e. The summed E-state index contributed by atoms with van der Waals surface area (Å²) in [5.74, 6) is -0.792. The first-order valence-corrected chi connectivity index (χ1v) is 5.74. The van der Waals surface area contributed by atoms with Crippen LogP contribution < -0.4 is 5.73 Å². The maximum atomic E-state index is 13.6. The highest BCUT2D eigenvalue weighted by Gasteiger charge is 2.18. The highest BCUT2D eigenvalue weighted by Crippen LogP contribution is 2.16. The van der Waals surface area contributed by atoms with E-state index >= 15 is 0 Å². The van der Waals surface area contributed by atoms with Gasteiger partial charge in [0.2, 0.25) is 5.78 Å². The van der Waals surface area contributed by atoms with Crippen LogP contribution >= 0.6 is 0 Å². The molecular weight excluding hydrogens is 233 g/mol. The Hall–Kier alpha value is -2.17. The number of anilines is 1. The number of hydrogen-bond acceptors (Lipinski definition) is 3. The van der Waals surface area contributed by atoms with Crippen LogP contribution in [-0.4, -0.2) is 15.3 Å². The largest absolute Gasteiger partial charge is 0.399 e. The first-order valence-electron chi connectivity index (χ1n) is 5.74. The Kier molecular flexibility index (Phi) is 3.41. The number of hydrogen-bond donors (Lipinski definition) is 1. The van der Waals surface area contributed by atoms with Crippen LogP contribution in [0.1, 0.15) is 29.5 Å². The van der Waals surface area contributed by atoms with Gasteiger partial charge in [0.15, 0.2) is 5.82 Å². The van der Waals surface area contributed by atoms with Crippen molar-refractivity contribution in [3.8, 4) is 0 Å². The number of rotatable bonds is 4. The molecule has 0 saturated carbocycles. The summed E-state index contributed by atoms with van der Waals surface area (Å²) in [6, 6.07) is 3.95. The fourth-order valence-electron chi connectivity index (χ4n) is 1.78. The third-order valence-electron chi connectivity index (χ3n) is 2.62. The smallest absolute Gasteiger partial charge is 0.231 e. The third kappa shape index (κ3) is 2.25. The van der Waals surface area contributed by atoms with Crippen LogP contribution in [0.2, 0.25) is 0 Å². The molecule has 4 nitrogen and oxygen atoms in total.